The van der Waals surface area contributed by atoms with Crippen molar-refractivity contribution in [3.8, 4) is 11.1 Å². The van der Waals surface area contributed by atoms with Crippen molar-refractivity contribution in [2.45, 2.75) is 52.2 Å². The number of benzene rings is 1. The molecule has 0 radical (unpaired) electrons. The lowest BCUT2D eigenvalue weighted by atomic mass is 10.0. The molecule has 15 nitrogen and oxygen atoms in total. The number of aromatic amines is 1. The van der Waals surface area contributed by atoms with Gasteiger partial charge in [-0.15, -0.1) is 0 Å². The van der Waals surface area contributed by atoms with E-state index in [0.717, 1.165) is 78.1 Å². The summed E-state index contributed by atoms with van der Waals surface area (Å²) in [4.78, 5) is 74.5. The minimum atomic E-state index is -0.408. The van der Waals surface area contributed by atoms with Crippen LogP contribution in [0.15, 0.2) is 78.0 Å². The van der Waals surface area contributed by atoms with Crippen molar-refractivity contribution in [2.75, 3.05) is 76.2 Å². The quantitative estimate of drug-likeness (QED) is 0.112. The predicted octanol–water partition coefficient (Wildman–Crippen LogP) is 4.04. The summed E-state index contributed by atoms with van der Waals surface area (Å²) in [7, 11) is 1.68. The number of fused-ring (bicyclic) bond motifs is 1. The third-order valence-corrected chi connectivity index (χ3v) is 11.2. The molecule has 15 heteroatoms. The summed E-state index contributed by atoms with van der Waals surface area (Å²) in [5.41, 5.74) is 8.12. The van der Waals surface area contributed by atoms with Crippen LogP contribution >= 0.6 is 0 Å². The molecule has 0 bridgehead atoms. The number of likely N-dealkylation sites (N-methyl/N-ethyl adjacent to an activating group) is 1. The maximum absolute atomic E-state index is 13.4. The van der Waals surface area contributed by atoms with Gasteiger partial charge < -0.3 is 35.5 Å². The van der Waals surface area contributed by atoms with Crippen molar-refractivity contribution >= 4 is 40.1 Å². The van der Waals surface area contributed by atoms with Crippen molar-refractivity contribution in [1.82, 2.24) is 40.4 Å². The molecule has 2 saturated heterocycles. The summed E-state index contributed by atoms with van der Waals surface area (Å²) in [5, 5.41) is 8.53. The van der Waals surface area contributed by atoms with Gasteiger partial charge in [-0.2, -0.15) is 0 Å². The van der Waals surface area contributed by atoms with Crippen LogP contribution in [0, 0.1) is 0 Å². The molecular formula is C45H54N10O5. The molecular weight excluding hydrogens is 761 g/mol. The first-order chi connectivity index (χ1) is 29.2. The Labute approximate surface area is 350 Å². The highest BCUT2D eigenvalue weighted by Gasteiger charge is 2.26. The fourth-order valence-electron chi connectivity index (χ4n) is 7.72. The second-order valence-electron chi connectivity index (χ2n) is 15.3. The highest BCUT2D eigenvalue weighted by atomic mass is 16.5. The van der Waals surface area contributed by atoms with Crippen molar-refractivity contribution in [1.29, 1.82) is 0 Å². The molecule has 314 valence electrons. The minimum Gasteiger partial charge on any atom is -0.376 e. The van der Waals surface area contributed by atoms with E-state index in [4.69, 9.17) is 4.74 Å². The SMILES string of the molecule is CCc1cccc(-c2cnc(C(=O)NCCOC3CCN(C(=O)c4ccc(N5CCN(Cc6cnc7cc(CC)c(=O)[nH]c7c6)CC5)cn4)CC3)c(NC(=O)CNC)c2)c1. The average molecular weight is 815 g/mol. The number of pyridine rings is 4. The lowest BCUT2D eigenvalue weighted by Crippen LogP contribution is -2.46. The van der Waals surface area contributed by atoms with Crippen molar-refractivity contribution in [2.24, 2.45) is 0 Å². The van der Waals surface area contributed by atoms with Crippen LogP contribution in [-0.2, 0) is 28.9 Å². The zero-order valence-electron chi connectivity index (χ0n) is 34.6. The molecule has 5 aromatic rings. The van der Waals surface area contributed by atoms with Gasteiger partial charge in [-0.05, 0) is 79.8 Å². The Morgan fingerprint density at radius 3 is 2.40 bits per heavy atom. The summed E-state index contributed by atoms with van der Waals surface area (Å²) in [6.45, 7) is 9.96. The van der Waals surface area contributed by atoms with Crippen molar-refractivity contribution < 1.29 is 19.1 Å². The standard InChI is InChI=1S/C45H54N10O5/c1-4-30-7-6-8-33(21-30)34-24-40(51-41(56)28-46-3)42(50-26-34)44(58)47-13-20-60-36-11-14-55(15-12-36)45(59)37-10-9-35(27-49-37)54-18-16-53(17-19-54)29-31-22-39-38(48-25-31)23-32(5-2)43(57)52-39/h6-10,21-27,36,46H,4-5,11-20,28-29H2,1-3H3,(H,47,58)(H,51,56)(H,52,57). The van der Waals surface area contributed by atoms with Crippen LogP contribution in [0.3, 0.4) is 0 Å². The van der Waals surface area contributed by atoms with E-state index < -0.39 is 5.91 Å². The van der Waals surface area contributed by atoms with Crippen LogP contribution in [0.1, 0.15) is 64.4 Å². The van der Waals surface area contributed by atoms with Crippen LogP contribution in [0.5, 0.6) is 0 Å². The number of anilines is 2. The molecule has 0 atom stereocenters. The molecule has 0 aliphatic carbocycles. The highest BCUT2D eigenvalue weighted by molar-refractivity contribution is 6.03. The summed E-state index contributed by atoms with van der Waals surface area (Å²) < 4.78 is 6.09. The number of amides is 3. The lowest BCUT2D eigenvalue weighted by molar-refractivity contribution is -0.115. The Hall–Kier alpha value is -6.03. The predicted molar refractivity (Wildman–Crippen MR) is 232 cm³/mol. The highest BCUT2D eigenvalue weighted by Crippen LogP contribution is 2.26. The van der Waals surface area contributed by atoms with E-state index in [1.807, 2.05) is 54.4 Å². The number of nitrogens with zero attached hydrogens (tertiary/aromatic N) is 6. The van der Waals surface area contributed by atoms with Crippen LogP contribution in [-0.4, -0.2) is 120 Å². The molecule has 4 aromatic heterocycles. The molecule has 60 heavy (non-hydrogen) atoms. The smallest absolute Gasteiger partial charge is 0.272 e. The van der Waals surface area contributed by atoms with Gasteiger partial charge in [0.05, 0.1) is 47.9 Å². The largest absolute Gasteiger partial charge is 0.376 e. The molecule has 0 unspecified atom stereocenters. The van der Waals surface area contributed by atoms with Gasteiger partial charge in [0.15, 0.2) is 5.69 Å². The maximum atomic E-state index is 13.4. The normalized spacial score (nSPS) is 15.0. The number of aromatic nitrogens is 4. The van der Waals surface area contributed by atoms with Gasteiger partial charge in [-0.1, -0.05) is 38.1 Å². The number of hydrogen-bond donors (Lipinski definition) is 4. The van der Waals surface area contributed by atoms with E-state index >= 15 is 0 Å². The van der Waals surface area contributed by atoms with Gasteiger partial charge in [-0.3, -0.25) is 29.1 Å². The first-order valence-corrected chi connectivity index (χ1v) is 20.9. The van der Waals surface area contributed by atoms with E-state index in [-0.39, 0.29) is 42.3 Å². The third kappa shape index (κ3) is 10.4. The van der Waals surface area contributed by atoms with Crippen LogP contribution in [0.25, 0.3) is 22.2 Å². The zero-order chi connectivity index (χ0) is 42.0. The number of hydrogen-bond acceptors (Lipinski definition) is 11. The van der Waals surface area contributed by atoms with E-state index in [1.54, 1.807) is 25.5 Å². The zero-order valence-corrected chi connectivity index (χ0v) is 34.6. The fraction of sp³-hybridized carbons (Fsp3) is 0.400. The minimum absolute atomic E-state index is 0.0387. The Balaban J connectivity index is 0.837. The Bertz CT molecular complexity index is 2350. The Kier molecular flexibility index (Phi) is 13.9. The van der Waals surface area contributed by atoms with Gasteiger partial charge >= 0.3 is 0 Å². The monoisotopic (exact) mass is 814 g/mol. The van der Waals surface area contributed by atoms with Gasteiger partial charge in [0.1, 0.15) is 5.69 Å². The number of piperazine rings is 1. The van der Waals surface area contributed by atoms with Crippen molar-refractivity contribution in [3.05, 3.63) is 112 Å². The number of ether oxygens (including phenoxy) is 1. The van der Waals surface area contributed by atoms with E-state index in [0.29, 0.717) is 50.3 Å². The number of piperidine rings is 1. The van der Waals surface area contributed by atoms with Crippen LogP contribution in [0.4, 0.5) is 11.4 Å². The second kappa shape index (κ2) is 19.8. The van der Waals surface area contributed by atoms with Gasteiger partial charge in [-0.25, -0.2) is 9.97 Å². The first kappa shape index (κ1) is 42.1. The number of carbonyl (C=O) groups is 3. The molecule has 2 fully saturated rings. The number of rotatable bonds is 15. The Morgan fingerprint density at radius 2 is 1.67 bits per heavy atom. The third-order valence-electron chi connectivity index (χ3n) is 11.2. The van der Waals surface area contributed by atoms with Gasteiger partial charge in [0, 0.05) is 75.9 Å². The average Bonchev–Trinajstić information content (AvgIpc) is 3.28. The number of nitrogens with one attached hydrogen (secondary N) is 4. The summed E-state index contributed by atoms with van der Waals surface area (Å²) >= 11 is 0. The van der Waals surface area contributed by atoms with Crippen LogP contribution in [0.2, 0.25) is 0 Å². The number of H-pyrrole nitrogens is 1. The van der Waals surface area contributed by atoms with E-state index in [1.165, 1.54) is 5.56 Å². The van der Waals surface area contributed by atoms with Gasteiger partial charge in [0.2, 0.25) is 5.91 Å². The van der Waals surface area contributed by atoms with E-state index in [2.05, 4.69) is 64.7 Å². The fourth-order valence-corrected chi connectivity index (χ4v) is 7.72. The lowest BCUT2D eigenvalue weighted by Gasteiger charge is -2.36. The Morgan fingerprint density at radius 1 is 0.850 bits per heavy atom. The number of aryl methyl sites for hydroxylation is 2. The number of likely N-dealkylation sites (tertiary alicyclic amines) is 1. The molecule has 2 aliphatic heterocycles. The first-order valence-electron chi connectivity index (χ1n) is 20.9. The summed E-state index contributed by atoms with van der Waals surface area (Å²) in [5.74, 6) is -0.783. The molecule has 0 saturated carbocycles. The summed E-state index contributed by atoms with van der Waals surface area (Å²) in [6, 6.07) is 17.6. The molecule has 7 rings (SSSR count). The second-order valence-corrected chi connectivity index (χ2v) is 15.3. The maximum Gasteiger partial charge on any atom is 0.272 e. The summed E-state index contributed by atoms with van der Waals surface area (Å²) in [6.07, 6.45) is 8.21. The molecule has 4 N–H and O–H groups in total. The van der Waals surface area contributed by atoms with E-state index in [9.17, 15) is 19.2 Å². The molecule has 2 aliphatic rings. The van der Waals surface area contributed by atoms with Crippen LogP contribution < -0.4 is 26.4 Å². The number of carbonyl (C=O) groups excluding carboxylic acids is 3. The topological polar surface area (TPSA) is 178 Å². The molecule has 1 aromatic carbocycles. The molecule has 0 spiro atoms. The van der Waals surface area contributed by atoms with Crippen molar-refractivity contribution in [3.63, 3.8) is 0 Å². The van der Waals surface area contributed by atoms with Gasteiger partial charge in [0.25, 0.3) is 17.4 Å². The molecule has 3 amide bonds. The molecule has 6 heterocycles.